The molecule has 0 spiro atoms. The summed E-state index contributed by atoms with van der Waals surface area (Å²) in [5.74, 6) is 5.09. The van der Waals surface area contributed by atoms with E-state index in [1.807, 2.05) is 19.1 Å². The van der Waals surface area contributed by atoms with E-state index in [2.05, 4.69) is 16.6 Å². The molecule has 18 heavy (non-hydrogen) atoms. The number of methoxy groups -OCH3 is 2. The number of ether oxygens (including phenoxy) is 2. The Bertz CT molecular complexity index is 494. The van der Waals surface area contributed by atoms with Crippen molar-refractivity contribution >= 4 is 5.97 Å². The molecule has 0 radical (unpaired) electrons. The molecule has 0 atom stereocenters. The average Bonchev–Trinajstić information content (AvgIpc) is 2.36. The zero-order chi connectivity index (χ0) is 13.5. The van der Waals surface area contributed by atoms with Crippen molar-refractivity contribution in [3.8, 4) is 17.6 Å². The van der Waals surface area contributed by atoms with E-state index in [1.54, 1.807) is 7.11 Å². The maximum absolute atomic E-state index is 11.0. The summed E-state index contributed by atoms with van der Waals surface area (Å²) in [4.78, 5) is 11.0. The third kappa shape index (κ3) is 3.51. The summed E-state index contributed by atoms with van der Waals surface area (Å²) in [6.45, 7) is 1.94. The molecule has 96 valence electrons. The Kier molecular flexibility index (Phi) is 5.22. The average molecular weight is 248 g/mol. The van der Waals surface area contributed by atoms with E-state index in [9.17, 15) is 4.79 Å². The van der Waals surface area contributed by atoms with Gasteiger partial charge in [0.1, 0.15) is 5.75 Å². The van der Waals surface area contributed by atoms with Crippen LogP contribution in [0.2, 0.25) is 0 Å². The Morgan fingerprint density at radius 1 is 1.39 bits per heavy atom. The number of rotatable bonds is 3. The van der Waals surface area contributed by atoms with E-state index in [0.717, 1.165) is 11.1 Å². The molecule has 0 amide bonds. The summed E-state index contributed by atoms with van der Waals surface area (Å²) in [6, 6.07) is 3.75. The largest absolute Gasteiger partial charge is 0.495 e. The van der Waals surface area contributed by atoms with E-state index in [0.29, 0.717) is 17.7 Å². The lowest BCUT2D eigenvalue weighted by atomic mass is 10.0. The summed E-state index contributed by atoms with van der Waals surface area (Å²) in [5, 5.41) is 9.04. The predicted molar refractivity (Wildman–Crippen MR) is 67.4 cm³/mol. The van der Waals surface area contributed by atoms with Gasteiger partial charge in [-0.15, -0.1) is 0 Å². The number of aryl methyl sites for hydroxylation is 1. The molecule has 1 aromatic rings. The number of carbonyl (C=O) groups is 1. The zero-order valence-electron chi connectivity index (χ0n) is 10.7. The highest BCUT2D eigenvalue weighted by Crippen LogP contribution is 2.24. The molecule has 0 bridgehead atoms. The van der Waals surface area contributed by atoms with Gasteiger partial charge in [-0.1, -0.05) is 12.0 Å². The number of hydrogen-bond acceptors (Lipinski definition) is 4. The quantitative estimate of drug-likeness (QED) is 0.642. The number of benzene rings is 1. The van der Waals surface area contributed by atoms with Crippen LogP contribution < -0.4 is 4.74 Å². The molecule has 4 nitrogen and oxygen atoms in total. The van der Waals surface area contributed by atoms with Crippen LogP contribution >= 0.6 is 0 Å². The van der Waals surface area contributed by atoms with Gasteiger partial charge in [-0.25, -0.2) is 4.79 Å². The summed E-state index contributed by atoms with van der Waals surface area (Å²) in [5.41, 5.74) is 2.48. The molecule has 1 rings (SSSR count). The Labute approximate surface area is 107 Å². The second-order valence-electron chi connectivity index (χ2n) is 3.72. The molecule has 0 unspecified atom stereocenters. The lowest BCUT2D eigenvalue weighted by Gasteiger charge is -2.10. The Balaban J connectivity index is 3.27. The molecule has 4 heteroatoms. The Morgan fingerprint density at radius 3 is 2.67 bits per heavy atom. The third-order valence-corrected chi connectivity index (χ3v) is 2.40. The first kappa shape index (κ1) is 14.1. The highest BCUT2D eigenvalue weighted by Gasteiger charge is 2.08. The van der Waals surface area contributed by atoms with Crippen molar-refractivity contribution in [1.82, 2.24) is 0 Å². The summed E-state index contributed by atoms with van der Waals surface area (Å²) in [6.07, 6.45) is 0.462. The van der Waals surface area contributed by atoms with Gasteiger partial charge in [-0.05, 0) is 30.5 Å². The molecule has 1 N–H and O–H groups in total. The Morgan fingerprint density at radius 2 is 2.11 bits per heavy atom. The van der Waals surface area contributed by atoms with Gasteiger partial charge in [0.05, 0.1) is 19.8 Å². The number of carbonyl (C=O) groups excluding carboxylic acids is 1. The Hall–Kier alpha value is -1.99. The van der Waals surface area contributed by atoms with Crippen LogP contribution in [0.15, 0.2) is 12.1 Å². The van der Waals surface area contributed by atoms with Crippen molar-refractivity contribution in [2.45, 2.75) is 13.3 Å². The number of hydrogen-bond donors (Lipinski definition) is 1. The van der Waals surface area contributed by atoms with Crippen LogP contribution in [0, 0.1) is 18.8 Å². The van der Waals surface area contributed by atoms with E-state index in [-0.39, 0.29) is 6.61 Å². The number of aliphatic hydroxyl groups excluding tert-OH is 1. The highest BCUT2D eigenvalue weighted by atomic mass is 16.5. The minimum absolute atomic E-state index is 0.0134. The zero-order valence-corrected chi connectivity index (χ0v) is 10.7. The number of esters is 1. The van der Waals surface area contributed by atoms with Gasteiger partial charge in [0.15, 0.2) is 0 Å². The van der Waals surface area contributed by atoms with E-state index in [1.165, 1.54) is 7.11 Å². The van der Waals surface area contributed by atoms with Gasteiger partial charge < -0.3 is 14.6 Å². The molecule has 1 aromatic carbocycles. The maximum Gasteiger partial charge on any atom is 0.384 e. The van der Waals surface area contributed by atoms with Gasteiger partial charge in [-0.3, -0.25) is 0 Å². The first-order valence-electron chi connectivity index (χ1n) is 5.50. The monoisotopic (exact) mass is 248 g/mol. The van der Waals surface area contributed by atoms with Gasteiger partial charge in [0, 0.05) is 12.5 Å². The van der Waals surface area contributed by atoms with E-state index in [4.69, 9.17) is 9.84 Å². The van der Waals surface area contributed by atoms with Gasteiger partial charge in [-0.2, -0.15) is 0 Å². The SMILES string of the molecule is COC(=O)C#Cc1c(CCO)cc(C)cc1OC. The summed E-state index contributed by atoms with van der Waals surface area (Å²) >= 11 is 0. The fourth-order valence-corrected chi connectivity index (χ4v) is 1.61. The first-order valence-corrected chi connectivity index (χ1v) is 5.50. The van der Waals surface area contributed by atoms with Crippen molar-refractivity contribution < 1.29 is 19.4 Å². The van der Waals surface area contributed by atoms with E-state index < -0.39 is 5.97 Å². The van der Waals surface area contributed by atoms with E-state index >= 15 is 0 Å². The van der Waals surface area contributed by atoms with Crippen LogP contribution in [0.4, 0.5) is 0 Å². The topological polar surface area (TPSA) is 55.8 Å². The molecule has 0 aromatic heterocycles. The van der Waals surface area contributed by atoms with Crippen molar-refractivity contribution in [1.29, 1.82) is 0 Å². The molecular formula is C14H16O4. The lowest BCUT2D eigenvalue weighted by Crippen LogP contribution is -2.00. The second-order valence-corrected chi connectivity index (χ2v) is 3.72. The maximum atomic E-state index is 11.0. The fraction of sp³-hybridized carbons (Fsp3) is 0.357. The second kappa shape index (κ2) is 6.67. The van der Waals surface area contributed by atoms with Gasteiger partial charge in [0.2, 0.25) is 0 Å². The summed E-state index contributed by atoms with van der Waals surface area (Å²) in [7, 11) is 2.82. The molecule has 0 fully saturated rings. The molecular weight excluding hydrogens is 232 g/mol. The fourth-order valence-electron chi connectivity index (χ4n) is 1.61. The first-order chi connectivity index (χ1) is 8.62. The van der Waals surface area contributed by atoms with Gasteiger partial charge in [0.25, 0.3) is 0 Å². The minimum atomic E-state index is -0.604. The van der Waals surface area contributed by atoms with Crippen LogP contribution in [0.1, 0.15) is 16.7 Å². The predicted octanol–water partition coefficient (Wildman–Crippen LogP) is 1.06. The normalized spacial score (nSPS) is 9.33. The van der Waals surface area contributed by atoms with Crippen LogP contribution in [-0.4, -0.2) is 31.9 Å². The van der Waals surface area contributed by atoms with Crippen molar-refractivity contribution in [3.05, 3.63) is 28.8 Å². The third-order valence-electron chi connectivity index (χ3n) is 2.40. The summed E-state index contributed by atoms with van der Waals surface area (Å²) < 4.78 is 9.71. The van der Waals surface area contributed by atoms with Crippen LogP contribution in [0.5, 0.6) is 5.75 Å². The molecule has 0 aliphatic heterocycles. The van der Waals surface area contributed by atoms with Crippen molar-refractivity contribution in [3.63, 3.8) is 0 Å². The molecule has 0 aliphatic rings. The van der Waals surface area contributed by atoms with Crippen LogP contribution in [-0.2, 0) is 16.0 Å². The smallest absolute Gasteiger partial charge is 0.384 e. The van der Waals surface area contributed by atoms with Crippen molar-refractivity contribution in [2.24, 2.45) is 0 Å². The van der Waals surface area contributed by atoms with Crippen LogP contribution in [0.3, 0.4) is 0 Å². The molecule has 0 saturated carbocycles. The van der Waals surface area contributed by atoms with Gasteiger partial charge >= 0.3 is 5.97 Å². The molecule has 0 heterocycles. The minimum Gasteiger partial charge on any atom is -0.495 e. The highest BCUT2D eigenvalue weighted by molar-refractivity contribution is 5.89. The molecule has 0 saturated heterocycles. The lowest BCUT2D eigenvalue weighted by molar-refractivity contribution is -0.133. The standard InChI is InChI=1S/C14H16O4/c1-10-8-11(6-7-15)12(13(9-10)17-2)4-5-14(16)18-3/h8-9,15H,6-7H2,1-3H3. The van der Waals surface area contributed by atoms with Crippen molar-refractivity contribution in [2.75, 3.05) is 20.8 Å². The van der Waals surface area contributed by atoms with Crippen LogP contribution in [0.25, 0.3) is 0 Å². The molecule has 0 aliphatic carbocycles. The number of aliphatic hydroxyl groups is 1.